The van der Waals surface area contributed by atoms with Crippen LogP contribution in [0.1, 0.15) is 30.2 Å². The average molecular weight is 318 g/mol. The lowest BCUT2D eigenvalue weighted by atomic mass is 10.2. The van der Waals surface area contributed by atoms with Crippen molar-refractivity contribution in [2.75, 3.05) is 19.7 Å². The molecule has 0 amide bonds. The van der Waals surface area contributed by atoms with E-state index >= 15 is 0 Å². The van der Waals surface area contributed by atoms with Crippen molar-refractivity contribution in [1.29, 1.82) is 0 Å². The maximum absolute atomic E-state index is 12.8. The van der Waals surface area contributed by atoms with Gasteiger partial charge in [0.05, 0.1) is 6.10 Å². The van der Waals surface area contributed by atoms with Gasteiger partial charge >= 0.3 is 0 Å². The van der Waals surface area contributed by atoms with E-state index in [1.165, 1.54) is 15.6 Å². The predicted octanol–water partition coefficient (Wildman–Crippen LogP) is 1.70. The Labute approximate surface area is 124 Å². The minimum atomic E-state index is -3.48. The molecule has 1 aromatic heterocycles. The minimum absolute atomic E-state index is 0.0185. The highest BCUT2D eigenvalue weighted by Crippen LogP contribution is 2.30. The first-order valence-corrected chi connectivity index (χ1v) is 9.21. The van der Waals surface area contributed by atoms with E-state index in [-0.39, 0.29) is 12.6 Å². The van der Waals surface area contributed by atoms with Crippen LogP contribution in [0.25, 0.3) is 0 Å². The summed E-state index contributed by atoms with van der Waals surface area (Å²) in [5.41, 5.74) is 6.45. The fourth-order valence-corrected chi connectivity index (χ4v) is 5.65. The van der Waals surface area contributed by atoms with Crippen LogP contribution in [0, 0.1) is 6.92 Å². The molecular weight excluding hydrogens is 296 g/mol. The van der Waals surface area contributed by atoms with E-state index in [0.717, 1.165) is 29.9 Å². The summed E-state index contributed by atoms with van der Waals surface area (Å²) >= 11 is 1.41. The Morgan fingerprint density at radius 2 is 2.30 bits per heavy atom. The first kappa shape index (κ1) is 15.9. The number of likely N-dealkylation sites (N-methyl/N-ethyl adjacent to an activating group) is 1. The van der Waals surface area contributed by atoms with Gasteiger partial charge in [0.15, 0.2) is 0 Å². The summed E-state index contributed by atoms with van der Waals surface area (Å²) in [4.78, 5) is 1.12. The fourth-order valence-electron chi connectivity index (χ4n) is 2.52. The highest BCUT2D eigenvalue weighted by molar-refractivity contribution is 7.89. The Balaban J connectivity index is 2.28. The Morgan fingerprint density at radius 3 is 2.85 bits per heavy atom. The number of ether oxygens (including phenoxy) is 1. The molecule has 7 heteroatoms. The van der Waals surface area contributed by atoms with Crippen molar-refractivity contribution < 1.29 is 13.2 Å². The van der Waals surface area contributed by atoms with Gasteiger partial charge < -0.3 is 10.5 Å². The van der Waals surface area contributed by atoms with Crippen LogP contribution in [0.4, 0.5) is 0 Å². The summed E-state index contributed by atoms with van der Waals surface area (Å²) in [7, 11) is -3.48. The third-order valence-corrected chi connectivity index (χ3v) is 6.98. The number of nitrogens with two attached hydrogens (primary N) is 1. The molecule has 1 aliphatic heterocycles. The molecule has 20 heavy (non-hydrogen) atoms. The molecule has 0 bridgehead atoms. The Morgan fingerprint density at radius 1 is 1.55 bits per heavy atom. The highest BCUT2D eigenvalue weighted by atomic mass is 32.2. The number of sulfonamides is 1. The van der Waals surface area contributed by atoms with E-state index in [2.05, 4.69) is 0 Å². The van der Waals surface area contributed by atoms with Crippen molar-refractivity contribution in [2.45, 2.75) is 44.2 Å². The molecule has 114 valence electrons. The second-order valence-corrected chi connectivity index (χ2v) is 7.80. The number of hydrogen-bond acceptors (Lipinski definition) is 5. The summed E-state index contributed by atoms with van der Waals surface area (Å²) in [5, 5.41) is 1.86. The van der Waals surface area contributed by atoms with Crippen molar-refractivity contribution in [1.82, 2.24) is 4.31 Å². The van der Waals surface area contributed by atoms with Crippen LogP contribution in [0.15, 0.2) is 10.3 Å². The third kappa shape index (κ3) is 3.07. The van der Waals surface area contributed by atoms with Crippen LogP contribution in [0.2, 0.25) is 0 Å². The molecule has 2 heterocycles. The summed E-state index contributed by atoms with van der Waals surface area (Å²) in [6.07, 6.45) is 1.96. The molecular formula is C13H22N2O3S2. The van der Waals surface area contributed by atoms with Crippen LogP contribution in [-0.2, 0) is 21.3 Å². The molecule has 0 spiro atoms. The van der Waals surface area contributed by atoms with Crippen molar-refractivity contribution in [2.24, 2.45) is 5.73 Å². The van der Waals surface area contributed by atoms with E-state index in [4.69, 9.17) is 10.5 Å². The molecule has 0 saturated carbocycles. The maximum atomic E-state index is 12.8. The normalized spacial score (nSPS) is 19.9. The number of aryl methyl sites for hydroxylation is 1. The van der Waals surface area contributed by atoms with E-state index in [9.17, 15) is 8.42 Å². The summed E-state index contributed by atoms with van der Waals surface area (Å²) in [6, 6.07) is 0. The molecule has 0 aliphatic carbocycles. The zero-order valence-electron chi connectivity index (χ0n) is 12.0. The van der Waals surface area contributed by atoms with Crippen molar-refractivity contribution >= 4 is 21.4 Å². The van der Waals surface area contributed by atoms with Crippen molar-refractivity contribution in [3.63, 3.8) is 0 Å². The third-order valence-electron chi connectivity index (χ3n) is 3.56. The molecule has 1 aromatic rings. The molecule has 1 aliphatic rings. The highest BCUT2D eigenvalue weighted by Gasteiger charge is 2.31. The lowest BCUT2D eigenvalue weighted by Crippen LogP contribution is -2.37. The van der Waals surface area contributed by atoms with E-state index in [1.807, 2.05) is 19.2 Å². The van der Waals surface area contributed by atoms with Gasteiger partial charge in [-0.3, -0.25) is 0 Å². The van der Waals surface area contributed by atoms with Gasteiger partial charge in [0.2, 0.25) is 10.0 Å². The quantitative estimate of drug-likeness (QED) is 0.866. The van der Waals surface area contributed by atoms with Crippen LogP contribution >= 0.6 is 11.3 Å². The first-order chi connectivity index (χ1) is 9.50. The van der Waals surface area contributed by atoms with E-state index in [1.54, 1.807) is 0 Å². The monoisotopic (exact) mass is 318 g/mol. The Kier molecular flexibility index (Phi) is 5.19. The zero-order chi connectivity index (χ0) is 14.8. The summed E-state index contributed by atoms with van der Waals surface area (Å²) < 4.78 is 32.7. The van der Waals surface area contributed by atoms with Gasteiger partial charge in [0, 0.05) is 31.1 Å². The first-order valence-electron chi connectivity index (χ1n) is 6.89. The minimum Gasteiger partial charge on any atom is -0.377 e. The van der Waals surface area contributed by atoms with Gasteiger partial charge in [-0.05, 0) is 30.7 Å². The van der Waals surface area contributed by atoms with Crippen LogP contribution in [-0.4, -0.2) is 38.5 Å². The number of hydrogen-bond donors (Lipinski definition) is 1. The van der Waals surface area contributed by atoms with Gasteiger partial charge in [-0.1, -0.05) is 6.92 Å². The largest absolute Gasteiger partial charge is 0.377 e. The van der Waals surface area contributed by atoms with Crippen molar-refractivity contribution in [3.8, 4) is 0 Å². The summed E-state index contributed by atoms with van der Waals surface area (Å²) in [5.74, 6) is 0. The van der Waals surface area contributed by atoms with Gasteiger partial charge in [0.25, 0.3) is 0 Å². The van der Waals surface area contributed by atoms with Crippen LogP contribution in [0.5, 0.6) is 0 Å². The molecule has 5 nitrogen and oxygen atoms in total. The molecule has 1 atom stereocenters. The smallest absolute Gasteiger partial charge is 0.244 e. The average Bonchev–Trinajstić information content (AvgIpc) is 3.04. The topological polar surface area (TPSA) is 72.6 Å². The van der Waals surface area contributed by atoms with Crippen LogP contribution < -0.4 is 5.73 Å². The lowest BCUT2D eigenvalue weighted by Gasteiger charge is -2.24. The van der Waals surface area contributed by atoms with Gasteiger partial charge in [-0.25, -0.2) is 8.42 Å². The fraction of sp³-hybridized carbons (Fsp3) is 0.692. The van der Waals surface area contributed by atoms with Crippen LogP contribution in [0.3, 0.4) is 0 Å². The molecule has 1 fully saturated rings. The molecule has 0 aromatic carbocycles. The lowest BCUT2D eigenvalue weighted by molar-refractivity contribution is 0.0946. The molecule has 1 unspecified atom stereocenters. The second kappa shape index (κ2) is 6.53. The molecule has 2 rings (SSSR count). The van der Waals surface area contributed by atoms with Gasteiger partial charge in [0.1, 0.15) is 4.90 Å². The Hall–Kier alpha value is -0.470. The summed E-state index contributed by atoms with van der Waals surface area (Å²) in [6.45, 7) is 5.54. The molecule has 2 N–H and O–H groups in total. The van der Waals surface area contributed by atoms with Crippen molar-refractivity contribution in [3.05, 3.63) is 15.8 Å². The maximum Gasteiger partial charge on any atom is 0.244 e. The molecule has 0 radical (unpaired) electrons. The molecule has 1 saturated heterocycles. The number of nitrogens with zero attached hydrogens (tertiary/aromatic N) is 1. The Bertz CT molecular complexity index is 548. The van der Waals surface area contributed by atoms with E-state index in [0.29, 0.717) is 18.0 Å². The number of thiophene rings is 1. The van der Waals surface area contributed by atoms with Gasteiger partial charge in [-0.2, -0.15) is 4.31 Å². The zero-order valence-corrected chi connectivity index (χ0v) is 13.6. The standard InChI is InChI=1S/C13H22N2O3S2/c1-3-15(8-11-5-4-6-18-11)20(16,17)13-10(2)9-19-12(13)7-14/h9,11H,3-8,14H2,1-2H3. The SMILES string of the molecule is CCN(CC1CCCO1)S(=O)(=O)c1c(C)csc1CN. The van der Waals surface area contributed by atoms with E-state index < -0.39 is 10.0 Å². The predicted molar refractivity (Wildman–Crippen MR) is 80.4 cm³/mol. The number of rotatable bonds is 6. The van der Waals surface area contributed by atoms with Gasteiger partial charge in [-0.15, -0.1) is 11.3 Å². The second-order valence-electron chi connectivity index (χ2n) is 4.97.